The summed E-state index contributed by atoms with van der Waals surface area (Å²) in [5.41, 5.74) is 0.523. The minimum Gasteiger partial charge on any atom is -0.489 e. The number of aryl methyl sites for hydroxylation is 2. The molecule has 0 aliphatic carbocycles. The first kappa shape index (κ1) is 16.6. The second-order valence-corrected chi connectivity index (χ2v) is 6.28. The van der Waals surface area contributed by atoms with Gasteiger partial charge in [0.2, 0.25) is 5.82 Å². The van der Waals surface area contributed by atoms with Crippen molar-refractivity contribution < 1.29 is 9.66 Å². The highest BCUT2D eigenvalue weighted by molar-refractivity contribution is 6.32. The normalized spacial score (nSPS) is 15.5. The van der Waals surface area contributed by atoms with E-state index in [0.717, 1.165) is 12.8 Å². The molecule has 8 heteroatoms. The van der Waals surface area contributed by atoms with Gasteiger partial charge in [-0.05, 0) is 19.1 Å². The molecule has 0 amide bonds. The smallest absolute Gasteiger partial charge is 0.333 e. The molecule has 0 atom stereocenters. The summed E-state index contributed by atoms with van der Waals surface area (Å²) in [6, 6.07) is 7.40. The second-order valence-electron chi connectivity index (χ2n) is 5.87. The van der Waals surface area contributed by atoms with Crippen molar-refractivity contribution in [2.24, 2.45) is 7.05 Å². The number of nitro groups is 1. The molecule has 1 aromatic carbocycles. The Morgan fingerprint density at radius 3 is 2.62 bits per heavy atom. The van der Waals surface area contributed by atoms with Crippen LogP contribution in [0.1, 0.15) is 18.5 Å². The van der Waals surface area contributed by atoms with Gasteiger partial charge in [0.1, 0.15) is 17.5 Å². The van der Waals surface area contributed by atoms with E-state index in [1.165, 1.54) is 0 Å². The zero-order valence-corrected chi connectivity index (χ0v) is 14.4. The number of para-hydroxylation sites is 1. The molecule has 1 aromatic heterocycles. The van der Waals surface area contributed by atoms with E-state index in [0.29, 0.717) is 35.4 Å². The average Bonchev–Trinajstić information content (AvgIpc) is 2.85. The fourth-order valence-electron chi connectivity index (χ4n) is 3.11. The summed E-state index contributed by atoms with van der Waals surface area (Å²) in [4.78, 5) is 13.0. The zero-order chi connectivity index (χ0) is 17.3. The van der Waals surface area contributed by atoms with Crippen molar-refractivity contribution in [1.82, 2.24) is 9.78 Å². The van der Waals surface area contributed by atoms with E-state index in [1.54, 1.807) is 24.7 Å². The van der Waals surface area contributed by atoms with Crippen LogP contribution in [0.5, 0.6) is 5.75 Å². The van der Waals surface area contributed by atoms with E-state index in [4.69, 9.17) is 16.3 Å². The molecule has 128 valence electrons. The molecule has 1 aliphatic rings. The number of benzene rings is 1. The second kappa shape index (κ2) is 6.68. The molecule has 1 fully saturated rings. The highest BCUT2D eigenvalue weighted by atomic mass is 35.5. The highest BCUT2D eigenvalue weighted by Crippen LogP contribution is 2.33. The number of rotatable bonds is 4. The lowest BCUT2D eigenvalue weighted by Gasteiger charge is -2.33. The van der Waals surface area contributed by atoms with E-state index < -0.39 is 0 Å². The third-order valence-corrected chi connectivity index (χ3v) is 4.53. The van der Waals surface area contributed by atoms with Gasteiger partial charge in [-0.1, -0.05) is 23.7 Å². The van der Waals surface area contributed by atoms with Crippen LogP contribution in [0.4, 0.5) is 11.5 Å². The van der Waals surface area contributed by atoms with Crippen LogP contribution >= 0.6 is 11.6 Å². The molecule has 0 bridgehead atoms. The topological polar surface area (TPSA) is 73.4 Å². The monoisotopic (exact) mass is 350 g/mol. The summed E-state index contributed by atoms with van der Waals surface area (Å²) in [5.74, 6) is 1.24. The Balaban J connectivity index is 1.70. The summed E-state index contributed by atoms with van der Waals surface area (Å²) in [5, 5.41) is 16.1. The first-order valence-electron chi connectivity index (χ1n) is 7.81. The Morgan fingerprint density at radius 2 is 2.00 bits per heavy atom. The number of ether oxygens (including phenoxy) is 1. The van der Waals surface area contributed by atoms with Gasteiger partial charge >= 0.3 is 5.69 Å². The molecule has 24 heavy (non-hydrogen) atoms. The molecule has 0 N–H and O–H groups in total. The van der Waals surface area contributed by atoms with Crippen molar-refractivity contribution >= 4 is 23.1 Å². The van der Waals surface area contributed by atoms with Crippen LogP contribution in [0, 0.1) is 17.0 Å². The maximum absolute atomic E-state index is 11.3. The summed E-state index contributed by atoms with van der Waals surface area (Å²) in [6.07, 6.45) is 1.59. The van der Waals surface area contributed by atoms with E-state index >= 15 is 0 Å². The first-order chi connectivity index (χ1) is 11.5. The van der Waals surface area contributed by atoms with Gasteiger partial charge in [0.25, 0.3) is 0 Å². The number of hydrogen-bond acceptors (Lipinski definition) is 5. The van der Waals surface area contributed by atoms with Crippen molar-refractivity contribution in [1.29, 1.82) is 0 Å². The molecule has 2 heterocycles. The van der Waals surface area contributed by atoms with Crippen LogP contribution < -0.4 is 9.64 Å². The number of halogens is 1. The molecule has 0 unspecified atom stereocenters. The van der Waals surface area contributed by atoms with Crippen molar-refractivity contribution in [2.75, 3.05) is 18.0 Å². The fraction of sp³-hybridized carbons (Fsp3) is 0.438. The van der Waals surface area contributed by atoms with E-state index in [2.05, 4.69) is 5.10 Å². The molecular weight excluding hydrogens is 332 g/mol. The van der Waals surface area contributed by atoms with Crippen molar-refractivity contribution in [2.45, 2.75) is 25.9 Å². The van der Waals surface area contributed by atoms with Gasteiger partial charge in [-0.25, -0.2) is 4.68 Å². The molecule has 1 aliphatic heterocycles. The standard InChI is InChI=1S/C16H19ClN4O3/c1-11-15(21(22)23)16(19(2)18-11)20-9-7-12(8-10-20)24-14-6-4-3-5-13(14)17/h3-6,12H,7-10H2,1-2H3. The third kappa shape index (κ3) is 3.17. The van der Waals surface area contributed by atoms with Crippen LogP contribution in [-0.2, 0) is 7.05 Å². The summed E-state index contributed by atoms with van der Waals surface area (Å²) >= 11 is 6.13. The van der Waals surface area contributed by atoms with Gasteiger partial charge < -0.3 is 9.64 Å². The maximum atomic E-state index is 11.3. The van der Waals surface area contributed by atoms with Crippen molar-refractivity contribution in [3.8, 4) is 5.75 Å². The molecule has 3 rings (SSSR count). The highest BCUT2D eigenvalue weighted by Gasteiger charge is 2.31. The Bertz CT molecular complexity index is 754. The van der Waals surface area contributed by atoms with Gasteiger partial charge in [-0.3, -0.25) is 10.1 Å². The Morgan fingerprint density at radius 1 is 1.33 bits per heavy atom. The quantitative estimate of drug-likeness (QED) is 0.624. The predicted octanol–water partition coefficient (Wildman–Crippen LogP) is 3.34. The molecule has 1 saturated heterocycles. The Hall–Kier alpha value is -2.28. The molecule has 0 radical (unpaired) electrons. The van der Waals surface area contributed by atoms with Gasteiger partial charge in [0, 0.05) is 33.0 Å². The Kier molecular flexibility index (Phi) is 4.62. The van der Waals surface area contributed by atoms with Crippen molar-refractivity contribution in [3.05, 3.63) is 45.1 Å². The van der Waals surface area contributed by atoms with E-state index in [-0.39, 0.29) is 16.7 Å². The number of anilines is 1. The van der Waals surface area contributed by atoms with Crippen molar-refractivity contribution in [3.63, 3.8) is 0 Å². The van der Waals surface area contributed by atoms with Gasteiger partial charge in [-0.2, -0.15) is 5.10 Å². The van der Waals surface area contributed by atoms with Crippen LogP contribution in [0.3, 0.4) is 0 Å². The van der Waals surface area contributed by atoms with Crippen LogP contribution in [0.15, 0.2) is 24.3 Å². The zero-order valence-electron chi connectivity index (χ0n) is 13.6. The number of hydrogen-bond donors (Lipinski definition) is 0. The van der Waals surface area contributed by atoms with Crippen LogP contribution in [0.25, 0.3) is 0 Å². The van der Waals surface area contributed by atoms with E-state index in [1.807, 2.05) is 23.1 Å². The third-order valence-electron chi connectivity index (χ3n) is 4.22. The molecular formula is C16H19ClN4O3. The predicted molar refractivity (Wildman–Crippen MR) is 91.9 cm³/mol. The van der Waals surface area contributed by atoms with Crippen LogP contribution in [-0.4, -0.2) is 33.9 Å². The molecule has 0 spiro atoms. The summed E-state index contributed by atoms with van der Waals surface area (Å²) in [7, 11) is 1.74. The lowest BCUT2D eigenvalue weighted by atomic mass is 10.1. The first-order valence-corrected chi connectivity index (χ1v) is 8.19. The minimum atomic E-state index is -0.357. The van der Waals surface area contributed by atoms with Gasteiger partial charge in [0.05, 0.1) is 9.95 Å². The summed E-state index contributed by atoms with van der Waals surface area (Å²) in [6.45, 7) is 3.01. The lowest BCUT2D eigenvalue weighted by Crippen LogP contribution is -2.39. The lowest BCUT2D eigenvalue weighted by molar-refractivity contribution is -0.384. The average molecular weight is 351 g/mol. The Labute approximate surface area is 144 Å². The van der Waals surface area contributed by atoms with Crippen LogP contribution in [0.2, 0.25) is 5.02 Å². The van der Waals surface area contributed by atoms with Gasteiger partial charge in [-0.15, -0.1) is 0 Å². The van der Waals surface area contributed by atoms with E-state index in [9.17, 15) is 10.1 Å². The molecule has 2 aromatic rings. The SMILES string of the molecule is Cc1nn(C)c(N2CCC(Oc3ccccc3Cl)CC2)c1[N+](=O)[O-]. The van der Waals surface area contributed by atoms with Gasteiger partial charge in [0.15, 0.2) is 0 Å². The largest absolute Gasteiger partial charge is 0.489 e. The summed E-state index contributed by atoms with van der Waals surface area (Å²) < 4.78 is 7.55. The number of piperidine rings is 1. The fourth-order valence-corrected chi connectivity index (χ4v) is 3.29. The maximum Gasteiger partial charge on any atom is 0.333 e. The number of aromatic nitrogens is 2. The molecule has 0 saturated carbocycles. The minimum absolute atomic E-state index is 0.0505. The number of nitrogens with zero attached hydrogens (tertiary/aromatic N) is 4. The molecule has 7 nitrogen and oxygen atoms in total.